The summed E-state index contributed by atoms with van der Waals surface area (Å²) in [4.78, 5) is 0. The van der Waals surface area contributed by atoms with Crippen LogP contribution < -0.4 is 0 Å². The molecule has 0 aliphatic heterocycles. The van der Waals surface area contributed by atoms with Gasteiger partial charge in [-0.15, -0.1) is 0 Å². The topological polar surface area (TPSA) is 109 Å². The molecule has 17 heteroatoms. The van der Waals surface area contributed by atoms with E-state index in [0.717, 1.165) is 0 Å². The SMILES string of the molecule is O=S(=O)(O)C(F)(F)C(F)(F)C(F)(F)C(F)(F)S(=O)(=O)O.[K]. The number of alkyl halides is 8. The Kier molecular flexibility index (Phi) is 6.99. The zero-order valence-corrected chi connectivity index (χ0v) is 14.1. The summed E-state index contributed by atoms with van der Waals surface area (Å²) < 4.78 is 155. The summed E-state index contributed by atoms with van der Waals surface area (Å²) in [6.45, 7) is 0. The van der Waals surface area contributed by atoms with Crippen molar-refractivity contribution in [3.8, 4) is 0 Å². The van der Waals surface area contributed by atoms with Crippen LogP contribution in [0, 0.1) is 0 Å². The smallest absolute Gasteiger partial charge is 0.281 e. The molecule has 0 saturated heterocycles. The maximum atomic E-state index is 12.6. The van der Waals surface area contributed by atoms with E-state index in [1.165, 1.54) is 0 Å². The van der Waals surface area contributed by atoms with Gasteiger partial charge >= 0.3 is 42.6 Å². The van der Waals surface area contributed by atoms with E-state index in [4.69, 9.17) is 9.11 Å². The first-order valence-electron chi connectivity index (χ1n) is 3.70. The van der Waals surface area contributed by atoms with Crippen molar-refractivity contribution in [2.75, 3.05) is 0 Å². The van der Waals surface area contributed by atoms with Crippen molar-refractivity contribution in [3.05, 3.63) is 0 Å². The van der Waals surface area contributed by atoms with Crippen molar-refractivity contribution < 1.29 is 61.1 Å². The average molecular weight is 401 g/mol. The summed E-state index contributed by atoms with van der Waals surface area (Å²) in [7, 11) is -14.6. The number of hydrogen-bond acceptors (Lipinski definition) is 4. The predicted molar refractivity (Wildman–Crippen MR) is 48.6 cm³/mol. The van der Waals surface area contributed by atoms with Gasteiger partial charge in [0.1, 0.15) is 0 Å². The zero-order valence-electron chi connectivity index (χ0n) is 9.37. The van der Waals surface area contributed by atoms with Crippen LogP contribution in [0.4, 0.5) is 35.1 Å². The molecule has 21 heavy (non-hydrogen) atoms. The van der Waals surface area contributed by atoms with Gasteiger partial charge in [0.2, 0.25) is 0 Å². The fourth-order valence-electron chi connectivity index (χ4n) is 0.690. The number of rotatable bonds is 5. The van der Waals surface area contributed by atoms with Crippen LogP contribution in [0.25, 0.3) is 0 Å². The van der Waals surface area contributed by atoms with Crippen molar-refractivity contribution in [1.29, 1.82) is 0 Å². The van der Waals surface area contributed by atoms with Crippen LogP contribution in [0.1, 0.15) is 0 Å². The van der Waals surface area contributed by atoms with Crippen LogP contribution in [0.2, 0.25) is 0 Å². The second-order valence-electron chi connectivity index (χ2n) is 3.13. The van der Waals surface area contributed by atoms with E-state index in [0.29, 0.717) is 0 Å². The molecule has 0 amide bonds. The van der Waals surface area contributed by atoms with E-state index in [-0.39, 0.29) is 51.4 Å². The van der Waals surface area contributed by atoms with Crippen molar-refractivity contribution >= 4 is 71.6 Å². The van der Waals surface area contributed by atoms with Gasteiger partial charge < -0.3 is 0 Å². The molecule has 0 aliphatic rings. The van der Waals surface area contributed by atoms with Gasteiger partial charge in [0.25, 0.3) is 0 Å². The molecule has 0 bridgehead atoms. The molecule has 0 aromatic rings. The Hall–Kier alpha value is 0.896. The van der Waals surface area contributed by atoms with Crippen LogP contribution >= 0.6 is 0 Å². The molecule has 0 rings (SSSR count). The summed E-state index contributed by atoms with van der Waals surface area (Å²) in [5.74, 6) is -15.2. The quantitative estimate of drug-likeness (QED) is 0.402. The fourth-order valence-corrected chi connectivity index (χ4v) is 1.59. The third kappa shape index (κ3) is 3.54. The van der Waals surface area contributed by atoms with Gasteiger partial charge in [-0.3, -0.25) is 9.11 Å². The van der Waals surface area contributed by atoms with Crippen molar-refractivity contribution in [3.63, 3.8) is 0 Å². The maximum absolute atomic E-state index is 12.6. The third-order valence-electron chi connectivity index (χ3n) is 1.77. The van der Waals surface area contributed by atoms with Crippen LogP contribution in [-0.2, 0) is 20.2 Å². The molecule has 0 aliphatic carbocycles. The minimum absolute atomic E-state index is 0. The van der Waals surface area contributed by atoms with Crippen LogP contribution in [0.15, 0.2) is 0 Å². The Balaban J connectivity index is 0. The second kappa shape index (κ2) is 6.08. The zero-order chi connectivity index (χ0) is 17.0. The van der Waals surface area contributed by atoms with E-state index in [2.05, 4.69) is 0 Å². The Morgan fingerprint density at radius 1 is 0.571 bits per heavy atom. The monoisotopic (exact) mass is 401 g/mol. The molecular formula is C4H2F8KO6S2. The van der Waals surface area contributed by atoms with Crippen molar-refractivity contribution in [1.82, 2.24) is 0 Å². The van der Waals surface area contributed by atoms with Crippen LogP contribution in [0.3, 0.4) is 0 Å². The summed E-state index contributed by atoms with van der Waals surface area (Å²) in [6, 6.07) is 0. The van der Waals surface area contributed by atoms with Crippen LogP contribution in [-0.4, -0.2) is 99.7 Å². The van der Waals surface area contributed by atoms with Crippen molar-refractivity contribution in [2.24, 2.45) is 0 Å². The van der Waals surface area contributed by atoms with E-state index in [1.54, 1.807) is 0 Å². The van der Waals surface area contributed by atoms with Crippen LogP contribution in [0.5, 0.6) is 0 Å². The van der Waals surface area contributed by atoms with Gasteiger partial charge in [0, 0.05) is 51.4 Å². The van der Waals surface area contributed by atoms with Crippen molar-refractivity contribution in [2.45, 2.75) is 22.4 Å². The molecule has 0 spiro atoms. The maximum Gasteiger partial charge on any atom is 0.438 e. The minimum Gasteiger partial charge on any atom is -0.281 e. The van der Waals surface area contributed by atoms with Gasteiger partial charge in [-0.05, 0) is 0 Å². The summed E-state index contributed by atoms with van der Waals surface area (Å²) in [6.07, 6.45) is 0. The number of hydrogen-bond donors (Lipinski definition) is 2. The molecule has 0 aromatic heterocycles. The molecule has 2 N–H and O–H groups in total. The van der Waals surface area contributed by atoms with Gasteiger partial charge in [0.05, 0.1) is 0 Å². The Morgan fingerprint density at radius 2 is 0.714 bits per heavy atom. The predicted octanol–water partition coefficient (Wildman–Crippen LogP) is 0.837. The fraction of sp³-hybridized carbons (Fsp3) is 1.00. The summed E-state index contributed by atoms with van der Waals surface area (Å²) >= 11 is 0. The second-order valence-corrected chi connectivity index (χ2v) is 6.06. The first-order chi connectivity index (χ1) is 8.25. The van der Waals surface area contributed by atoms with E-state index in [1.807, 2.05) is 0 Å². The van der Waals surface area contributed by atoms with Gasteiger partial charge in [-0.1, -0.05) is 0 Å². The molecule has 0 heterocycles. The first-order valence-corrected chi connectivity index (χ1v) is 6.58. The van der Waals surface area contributed by atoms with Gasteiger partial charge in [-0.25, -0.2) is 0 Å². The van der Waals surface area contributed by atoms with E-state index >= 15 is 0 Å². The molecule has 0 atom stereocenters. The molecule has 123 valence electrons. The Morgan fingerprint density at radius 3 is 0.810 bits per heavy atom. The molecule has 6 nitrogen and oxygen atoms in total. The normalized spacial score (nSPS) is 15.5. The Bertz CT molecular complexity index is 542. The molecule has 1 radical (unpaired) electrons. The summed E-state index contributed by atoms with van der Waals surface area (Å²) in [5.41, 5.74) is 0. The third-order valence-corrected chi connectivity index (χ3v) is 3.58. The van der Waals surface area contributed by atoms with E-state index < -0.39 is 42.6 Å². The molecule has 0 unspecified atom stereocenters. The largest absolute Gasteiger partial charge is 0.438 e. The molecule has 0 saturated carbocycles. The molecule has 0 aromatic carbocycles. The average Bonchev–Trinajstić information content (AvgIpc) is 2.12. The molecular weight excluding hydrogens is 399 g/mol. The number of halogens is 8. The minimum atomic E-state index is -7.58. The first kappa shape index (κ1) is 24.2. The van der Waals surface area contributed by atoms with E-state index in [9.17, 15) is 52.0 Å². The molecule has 0 fully saturated rings. The van der Waals surface area contributed by atoms with Gasteiger partial charge in [-0.2, -0.15) is 52.0 Å². The Labute approximate surface area is 153 Å². The summed E-state index contributed by atoms with van der Waals surface area (Å²) in [5, 5.41) is -14.3. The standard InChI is InChI=1S/C4H2F8O6S2.K/c5-1(6,3(9,10)19(13,14)15)2(7,8)4(11,12)20(16,17)18;/h(H,13,14,15)(H,16,17,18);. The van der Waals surface area contributed by atoms with Gasteiger partial charge in [0.15, 0.2) is 0 Å².